The van der Waals surface area contributed by atoms with Crippen LogP contribution in [-0.4, -0.2) is 38.7 Å². The molecule has 0 aliphatic carbocycles. The van der Waals surface area contributed by atoms with Crippen LogP contribution in [0.3, 0.4) is 0 Å². The number of carbonyl (C=O) groups excluding carboxylic acids is 2. The van der Waals surface area contributed by atoms with Crippen LogP contribution < -0.4 is 10.0 Å². The molecule has 2 aromatic carbocycles. The molecule has 0 radical (unpaired) electrons. The van der Waals surface area contributed by atoms with Gasteiger partial charge >= 0.3 is 0 Å². The van der Waals surface area contributed by atoms with E-state index in [1.54, 1.807) is 49.4 Å². The van der Waals surface area contributed by atoms with Gasteiger partial charge < -0.3 is 14.6 Å². The molecule has 1 heterocycles. The molecule has 1 aromatic heterocycles. The Morgan fingerprint density at radius 2 is 1.75 bits per heavy atom. The lowest BCUT2D eigenvalue weighted by atomic mass is 10.1. The van der Waals surface area contributed by atoms with Crippen LogP contribution in [0.4, 0.5) is 5.69 Å². The first kappa shape index (κ1) is 23.1. The number of hydrogen-bond acceptors (Lipinski definition) is 5. The zero-order valence-corrected chi connectivity index (χ0v) is 18.9. The van der Waals surface area contributed by atoms with E-state index < -0.39 is 15.9 Å². The molecule has 9 heteroatoms. The maximum Gasteiger partial charge on any atom is 0.261 e. The monoisotopic (exact) mass is 455 g/mol. The van der Waals surface area contributed by atoms with Gasteiger partial charge in [-0.2, -0.15) is 0 Å². The number of likely N-dealkylation sites (N-methyl/N-ethyl adjacent to an activating group) is 1. The molecule has 3 aromatic rings. The maximum atomic E-state index is 12.9. The van der Waals surface area contributed by atoms with E-state index in [0.717, 1.165) is 5.56 Å². The number of anilines is 1. The molecule has 3 rings (SSSR count). The lowest BCUT2D eigenvalue weighted by molar-refractivity contribution is -0.121. The van der Waals surface area contributed by atoms with Crippen LogP contribution in [0.15, 0.2) is 70.2 Å². The van der Waals surface area contributed by atoms with Gasteiger partial charge in [-0.3, -0.25) is 14.3 Å². The summed E-state index contributed by atoms with van der Waals surface area (Å²) in [6.45, 7) is 3.65. The minimum Gasteiger partial charge on any atom is -0.467 e. The minimum absolute atomic E-state index is 0.0392. The number of benzene rings is 2. The van der Waals surface area contributed by atoms with Crippen molar-refractivity contribution in [3.63, 3.8) is 0 Å². The van der Waals surface area contributed by atoms with Crippen LogP contribution in [0, 0.1) is 13.8 Å². The third-order valence-corrected chi connectivity index (χ3v) is 6.20. The van der Waals surface area contributed by atoms with Crippen molar-refractivity contribution in [2.45, 2.75) is 25.3 Å². The number of amides is 2. The Morgan fingerprint density at radius 3 is 2.41 bits per heavy atom. The highest BCUT2D eigenvalue weighted by atomic mass is 32.2. The Labute approximate surface area is 187 Å². The van der Waals surface area contributed by atoms with Crippen molar-refractivity contribution < 1.29 is 22.4 Å². The summed E-state index contributed by atoms with van der Waals surface area (Å²) in [6, 6.07) is 14.7. The molecule has 2 amide bonds. The topological polar surface area (TPSA) is 109 Å². The van der Waals surface area contributed by atoms with Gasteiger partial charge in [-0.1, -0.05) is 23.8 Å². The normalized spacial score (nSPS) is 11.1. The summed E-state index contributed by atoms with van der Waals surface area (Å²) >= 11 is 0. The van der Waals surface area contributed by atoms with Crippen molar-refractivity contribution in [2.24, 2.45) is 0 Å². The summed E-state index contributed by atoms with van der Waals surface area (Å²) in [4.78, 5) is 26.3. The third kappa shape index (κ3) is 5.76. The lowest BCUT2D eigenvalue weighted by Gasteiger charge is -2.18. The van der Waals surface area contributed by atoms with Gasteiger partial charge in [0.2, 0.25) is 5.91 Å². The standard InChI is InChI=1S/C23H25N3O5S/c1-16-6-9-18(10-7-16)25-32(29,30)20-11-8-17(2)21(13-20)23(28)26(3)15-22(27)24-14-19-5-4-12-31-19/h4-13,25H,14-15H2,1-3H3,(H,24,27). The molecule has 0 saturated heterocycles. The summed E-state index contributed by atoms with van der Waals surface area (Å²) in [5, 5.41) is 2.67. The van der Waals surface area contributed by atoms with Gasteiger partial charge in [0.1, 0.15) is 5.76 Å². The quantitative estimate of drug-likeness (QED) is 0.543. The molecule has 0 spiro atoms. The largest absolute Gasteiger partial charge is 0.467 e. The summed E-state index contributed by atoms with van der Waals surface area (Å²) in [7, 11) is -2.41. The van der Waals surface area contributed by atoms with E-state index in [1.165, 1.54) is 30.3 Å². The Hall–Kier alpha value is -3.59. The molecule has 0 atom stereocenters. The maximum absolute atomic E-state index is 12.9. The Morgan fingerprint density at radius 1 is 1.03 bits per heavy atom. The average Bonchev–Trinajstić information content (AvgIpc) is 3.27. The van der Waals surface area contributed by atoms with E-state index in [-0.39, 0.29) is 29.5 Å². The highest BCUT2D eigenvalue weighted by Gasteiger charge is 2.21. The van der Waals surface area contributed by atoms with E-state index in [1.807, 2.05) is 6.92 Å². The highest BCUT2D eigenvalue weighted by Crippen LogP contribution is 2.20. The van der Waals surface area contributed by atoms with Crippen molar-refractivity contribution in [3.8, 4) is 0 Å². The molecule has 2 N–H and O–H groups in total. The molecule has 0 aliphatic heterocycles. The van der Waals surface area contributed by atoms with Gasteiger partial charge in [-0.15, -0.1) is 0 Å². The first-order valence-corrected chi connectivity index (χ1v) is 11.4. The first-order chi connectivity index (χ1) is 15.2. The SMILES string of the molecule is Cc1ccc(NS(=O)(=O)c2ccc(C)c(C(=O)N(C)CC(=O)NCc3ccco3)c2)cc1. The number of sulfonamides is 1. The number of nitrogens with zero attached hydrogens (tertiary/aromatic N) is 1. The zero-order chi connectivity index (χ0) is 23.3. The second kappa shape index (κ2) is 9.69. The Bertz CT molecular complexity index is 1200. The molecule has 0 fully saturated rings. The summed E-state index contributed by atoms with van der Waals surface area (Å²) in [5.74, 6) is -0.218. The number of rotatable bonds is 8. The molecular formula is C23H25N3O5S. The van der Waals surface area contributed by atoms with Gasteiger partial charge in [0.25, 0.3) is 15.9 Å². The molecule has 168 valence electrons. The van der Waals surface area contributed by atoms with Gasteiger partial charge in [-0.25, -0.2) is 8.42 Å². The van der Waals surface area contributed by atoms with E-state index in [9.17, 15) is 18.0 Å². The number of furan rings is 1. The van der Waals surface area contributed by atoms with Crippen molar-refractivity contribution in [1.29, 1.82) is 0 Å². The summed E-state index contributed by atoms with van der Waals surface area (Å²) in [6.07, 6.45) is 1.51. The van der Waals surface area contributed by atoms with E-state index in [4.69, 9.17) is 4.42 Å². The molecule has 8 nitrogen and oxygen atoms in total. The molecular weight excluding hydrogens is 430 g/mol. The molecule has 0 unspecified atom stereocenters. The predicted molar refractivity (Wildman–Crippen MR) is 121 cm³/mol. The van der Waals surface area contributed by atoms with Crippen LogP contribution in [-0.2, 0) is 21.4 Å². The van der Waals surface area contributed by atoms with Crippen LogP contribution in [0.1, 0.15) is 27.2 Å². The lowest BCUT2D eigenvalue weighted by Crippen LogP contribution is -2.38. The fourth-order valence-corrected chi connectivity index (χ4v) is 4.07. The van der Waals surface area contributed by atoms with E-state index in [0.29, 0.717) is 17.0 Å². The predicted octanol–water partition coefficient (Wildman–Crippen LogP) is 3.09. The third-order valence-electron chi connectivity index (χ3n) is 4.82. The van der Waals surface area contributed by atoms with Crippen LogP contribution >= 0.6 is 0 Å². The molecule has 32 heavy (non-hydrogen) atoms. The van der Waals surface area contributed by atoms with Crippen LogP contribution in [0.2, 0.25) is 0 Å². The van der Waals surface area contributed by atoms with E-state index in [2.05, 4.69) is 10.0 Å². The zero-order valence-electron chi connectivity index (χ0n) is 18.1. The number of aryl methyl sites for hydroxylation is 2. The molecule has 0 bridgehead atoms. The fourth-order valence-electron chi connectivity index (χ4n) is 2.98. The second-order valence-corrected chi connectivity index (χ2v) is 9.15. The number of hydrogen-bond donors (Lipinski definition) is 2. The number of nitrogens with one attached hydrogen (secondary N) is 2. The second-order valence-electron chi connectivity index (χ2n) is 7.47. The molecule has 0 aliphatic rings. The highest BCUT2D eigenvalue weighted by molar-refractivity contribution is 7.92. The fraction of sp³-hybridized carbons (Fsp3) is 0.217. The average molecular weight is 456 g/mol. The Balaban J connectivity index is 1.71. The van der Waals surface area contributed by atoms with Crippen LogP contribution in [0.5, 0.6) is 0 Å². The van der Waals surface area contributed by atoms with Gasteiger partial charge in [0.15, 0.2) is 0 Å². The van der Waals surface area contributed by atoms with Crippen molar-refractivity contribution in [2.75, 3.05) is 18.3 Å². The minimum atomic E-state index is -3.89. The number of carbonyl (C=O) groups is 2. The summed E-state index contributed by atoms with van der Waals surface area (Å²) < 4.78 is 33.3. The van der Waals surface area contributed by atoms with Gasteiger partial charge in [-0.05, 0) is 55.8 Å². The van der Waals surface area contributed by atoms with E-state index >= 15 is 0 Å². The first-order valence-electron chi connectivity index (χ1n) is 9.90. The molecule has 0 saturated carbocycles. The smallest absolute Gasteiger partial charge is 0.261 e. The van der Waals surface area contributed by atoms with Crippen molar-refractivity contribution in [3.05, 3.63) is 83.3 Å². The van der Waals surface area contributed by atoms with Gasteiger partial charge in [0, 0.05) is 18.3 Å². The van der Waals surface area contributed by atoms with Crippen molar-refractivity contribution in [1.82, 2.24) is 10.2 Å². The van der Waals surface area contributed by atoms with Gasteiger partial charge in [0.05, 0.1) is 24.2 Å². The van der Waals surface area contributed by atoms with Crippen molar-refractivity contribution >= 4 is 27.5 Å². The summed E-state index contributed by atoms with van der Waals surface area (Å²) in [5.41, 5.74) is 2.24. The Kier molecular flexibility index (Phi) is 6.99. The van der Waals surface area contributed by atoms with Crippen LogP contribution in [0.25, 0.3) is 0 Å².